The first-order chi connectivity index (χ1) is 9.42. The van der Waals surface area contributed by atoms with Gasteiger partial charge in [0.1, 0.15) is 0 Å². The molecule has 1 aromatic rings. The van der Waals surface area contributed by atoms with Crippen molar-refractivity contribution >= 4 is 5.97 Å². The number of hydrogen-bond donors (Lipinski definition) is 0. The van der Waals surface area contributed by atoms with E-state index in [0.29, 0.717) is 17.4 Å². The van der Waals surface area contributed by atoms with Gasteiger partial charge < -0.3 is 4.74 Å². The van der Waals surface area contributed by atoms with Gasteiger partial charge >= 0.3 is 5.97 Å². The Bertz CT molecular complexity index is 403. The zero-order valence-corrected chi connectivity index (χ0v) is 13.5. The molecule has 0 aliphatic heterocycles. The highest BCUT2D eigenvalue weighted by molar-refractivity contribution is 5.89. The Morgan fingerprint density at radius 2 is 1.40 bits per heavy atom. The summed E-state index contributed by atoms with van der Waals surface area (Å²) in [5.74, 6) is 1.12. The second kappa shape index (κ2) is 8.08. The molecule has 1 rings (SSSR count). The van der Waals surface area contributed by atoms with E-state index in [2.05, 4.69) is 33.8 Å². The van der Waals surface area contributed by atoms with Gasteiger partial charge in [-0.25, -0.2) is 4.79 Å². The monoisotopic (exact) mass is 276 g/mol. The van der Waals surface area contributed by atoms with E-state index in [4.69, 9.17) is 4.74 Å². The Morgan fingerprint density at radius 3 is 1.75 bits per heavy atom. The molecule has 2 heteroatoms. The van der Waals surface area contributed by atoms with Crippen LogP contribution in [0.5, 0.6) is 0 Å². The first-order valence-corrected chi connectivity index (χ1v) is 7.63. The molecule has 20 heavy (non-hydrogen) atoms. The fourth-order valence-corrected chi connectivity index (χ4v) is 2.20. The van der Waals surface area contributed by atoms with Crippen molar-refractivity contribution in [1.29, 1.82) is 0 Å². The minimum Gasteiger partial charge on any atom is -0.465 e. The molecule has 0 heterocycles. The number of carbonyl (C=O) groups is 1. The summed E-state index contributed by atoms with van der Waals surface area (Å²) in [5.41, 5.74) is 3.19. The Hall–Kier alpha value is -1.31. The maximum Gasteiger partial charge on any atom is 0.337 e. The lowest BCUT2D eigenvalue weighted by atomic mass is 9.95. The van der Waals surface area contributed by atoms with Gasteiger partial charge in [-0.05, 0) is 60.8 Å². The predicted molar refractivity (Wildman–Crippen MR) is 84.1 cm³/mol. The van der Waals surface area contributed by atoms with E-state index < -0.39 is 0 Å². The Morgan fingerprint density at radius 1 is 0.950 bits per heavy atom. The third-order valence-electron chi connectivity index (χ3n) is 3.49. The SMILES string of the molecule is COC(=O)c1cc(CCC(C)C)cc(CCC(C)C)c1. The Balaban J connectivity index is 2.91. The highest BCUT2D eigenvalue weighted by Crippen LogP contribution is 2.18. The van der Waals surface area contributed by atoms with Crippen molar-refractivity contribution in [2.75, 3.05) is 7.11 Å². The van der Waals surface area contributed by atoms with Crippen molar-refractivity contribution in [3.63, 3.8) is 0 Å². The fourth-order valence-electron chi connectivity index (χ4n) is 2.20. The van der Waals surface area contributed by atoms with Gasteiger partial charge in [0.15, 0.2) is 0 Å². The van der Waals surface area contributed by atoms with E-state index in [1.54, 1.807) is 0 Å². The van der Waals surface area contributed by atoms with Crippen LogP contribution >= 0.6 is 0 Å². The average Bonchev–Trinajstić information content (AvgIpc) is 2.41. The van der Waals surface area contributed by atoms with Gasteiger partial charge in [-0.2, -0.15) is 0 Å². The quantitative estimate of drug-likeness (QED) is 0.678. The van der Waals surface area contributed by atoms with Gasteiger partial charge in [-0.3, -0.25) is 0 Å². The summed E-state index contributed by atoms with van der Waals surface area (Å²) in [6, 6.07) is 6.21. The van der Waals surface area contributed by atoms with Crippen LogP contribution in [0.25, 0.3) is 0 Å². The summed E-state index contributed by atoms with van der Waals surface area (Å²) >= 11 is 0. The van der Waals surface area contributed by atoms with Crippen LogP contribution in [0.4, 0.5) is 0 Å². The number of carbonyl (C=O) groups excluding carboxylic acids is 1. The fraction of sp³-hybridized carbons (Fsp3) is 0.611. The minimum absolute atomic E-state index is 0.234. The first-order valence-electron chi connectivity index (χ1n) is 7.63. The summed E-state index contributed by atoms with van der Waals surface area (Å²) in [6.45, 7) is 8.90. The van der Waals surface area contributed by atoms with Crippen molar-refractivity contribution < 1.29 is 9.53 Å². The zero-order valence-electron chi connectivity index (χ0n) is 13.5. The summed E-state index contributed by atoms with van der Waals surface area (Å²) in [7, 11) is 1.44. The molecule has 0 N–H and O–H groups in total. The van der Waals surface area contributed by atoms with Crippen LogP contribution in [-0.2, 0) is 17.6 Å². The van der Waals surface area contributed by atoms with Gasteiger partial charge in [0.05, 0.1) is 12.7 Å². The molecule has 0 radical (unpaired) electrons. The van der Waals surface area contributed by atoms with Crippen molar-refractivity contribution in [1.82, 2.24) is 0 Å². The zero-order chi connectivity index (χ0) is 15.1. The largest absolute Gasteiger partial charge is 0.465 e. The summed E-state index contributed by atoms with van der Waals surface area (Å²) < 4.78 is 4.86. The molecule has 0 aliphatic carbocycles. The lowest BCUT2D eigenvalue weighted by molar-refractivity contribution is 0.0600. The number of esters is 1. The molecular formula is C18H28O2. The van der Waals surface area contributed by atoms with Crippen LogP contribution in [0.1, 0.15) is 62.0 Å². The standard InChI is InChI=1S/C18H28O2/c1-13(2)6-8-15-10-16(9-7-14(3)4)12-17(11-15)18(19)20-5/h10-14H,6-9H2,1-5H3. The van der Waals surface area contributed by atoms with Crippen LogP contribution in [0.3, 0.4) is 0 Å². The van der Waals surface area contributed by atoms with Gasteiger partial charge in [0.25, 0.3) is 0 Å². The van der Waals surface area contributed by atoms with Crippen molar-refractivity contribution in [2.45, 2.75) is 53.4 Å². The van der Waals surface area contributed by atoms with Gasteiger partial charge in [0.2, 0.25) is 0 Å². The minimum atomic E-state index is -0.234. The molecular weight excluding hydrogens is 248 g/mol. The van der Waals surface area contributed by atoms with E-state index >= 15 is 0 Å². The summed E-state index contributed by atoms with van der Waals surface area (Å²) in [6.07, 6.45) is 4.34. The molecule has 1 aromatic carbocycles. The Kier molecular flexibility index (Phi) is 6.77. The summed E-state index contributed by atoms with van der Waals surface area (Å²) in [5, 5.41) is 0. The molecule has 112 valence electrons. The van der Waals surface area contributed by atoms with E-state index in [9.17, 15) is 4.79 Å². The van der Waals surface area contributed by atoms with Crippen LogP contribution in [0.2, 0.25) is 0 Å². The number of hydrogen-bond acceptors (Lipinski definition) is 2. The molecule has 0 aromatic heterocycles. The maximum atomic E-state index is 11.8. The molecule has 0 aliphatic rings. The molecule has 0 amide bonds. The third-order valence-corrected chi connectivity index (χ3v) is 3.49. The molecule has 0 saturated heterocycles. The van der Waals surface area contributed by atoms with Crippen molar-refractivity contribution in [3.8, 4) is 0 Å². The first kappa shape index (κ1) is 16.7. The van der Waals surface area contributed by atoms with Crippen LogP contribution < -0.4 is 0 Å². The van der Waals surface area contributed by atoms with Gasteiger partial charge in [-0.15, -0.1) is 0 Å². The number of methoxy groups -OCH3 is 1. The molecule has 0 fully saturated rings. The highest BCUT2D eigenvalue weighted by Gasteiger charge is 2.10. The van der Waals surface area contributed by atoms with E-state index in [1.807, 2.05) is 12.1 Å². The normalized spacial score (nSPS) is 11.2. The molecule has 0 atom stereocenters. The smallest absolute Gasteiger partial charge is 0.337 e. The predicted octanol–water partition coefficient (Wildman–Crippen LogP) is 4.65. The second-order valence-electron chi connectivity index (χ2n) is 6.39. The third kappa shape index (κ3) is 5.77. The van der Waals surface area contributed by atoms with Crippen molar-refractivity contribution in [3.05, 3.63) is 34.9 Å². The lowest BCUT2D eigenvalue weighted by Gasteiger charge is -2.11. The van der Waals surface area contributed by atoms with Crippen LogP contribution in [0, 0.1) is 11.8 Å². The molecule has 0 saturated carbocycles. The van der Waals surface area contributed by atoms with E-state index in [0.717, 1.165) is 25.7 Å². The number of rotatable bonds is 7. The van der Waals surface area contributed by atoms with Gasteiger partial charge in [0, 0.05) is 0 Å². The maximum absolute atomic E-state index is 11.8. The number of aryl methyl sites for hydroxylation is 2. The van der Waals surface area contributed by atoms with Crippen LogP contribution in [-0.4, -0.2) is 13.1 Å². The average molecular weight is 276 g/mol. The molecule has 0 bridgehead atoms. The Labute approximate surface area is 123 Å². The highest BCUT2D eigenvalue weighted by atomic mass is 16.5. The lowest BCUT2D eigenvalue weighted by Crippen LogP contribution is -2.05. The van der Waals surface area contributed by atoms with Crippen molar-refractivity contribution in [2.24, 2.45) is 11.8 Å². The van der Waals surface area contributed by atoms with E-state index in [-0.39, 0.29) is 5.97 Å². The summed E-state index contributed by atoms with van der Waals surface area (Å²) in [4.78, 5) is 11.8. The second-order valence-corrected chi connectivity index (χ2v) is 6.39. The van der Waals surface area contributed by atoms with Crippen LogP contribution in [0.15, 0.2) is 18.2 Å². The molecule has 2 nitrogen and oxygen atoms in total. The number of ether oxygens (including phenoxy) is 1. The van der Waals surface area contributed by atoms with Gasteiger partial charge in [-0.1, -0.05) is 33.8 Å². The van der Waals surface area contributed by atoms with E-state index in [1.165, 1.54) is 18.2 Å². The molecule has 0 spiro atoms. The number of benzene rings is 1. The topological polar surface area (TPSA) is 26.3 Å². The molecule has 0 unspecified atom stereocenters.